The Kier molecular flexibility index (Phi) is 3.12. The van der Waals surface area contributed by atoms with E-state index in [1.807, 2.05) is 18.2 Å². The van der Waals surface area contributed by atoms with Gasteiger partial charge in [0.1, 0.15) is 6.10 Å². The lowest BCUT2D eigenvalue weighted by atomic mass is 9.39. The molecule has 32 heavy (non-hydrogen) atoms. The van der Waals surface area contributed by atoms with Crippen molar-refractivity contribution in [2.75, 3.05) is 6.54 Å². The quantitative estimate of drug-likeness (QED) is 0.554. The number of carbonyl (C=O) groups excluding carboxylic acids is 1. The lowest BCUT2D eigenvalue weighted by Crippen LogP contribution is -2.70. The third kappa shape index (κ3) is 1.62. The van der Waals surface area contributed by atoms with Gasteiger partial charge in [-0.3, -0.25) is 4.90 Å². The summed E-state index contributed by atoms with van der Waals surface area (Å²) in [6.07, 6.45) is 2.60. The van der Waals surface area contributed by atoms with Crippen LogP contribution in [-0.2, 0) is 4.74 Å². The summed E-state index contributed by atoms with van der Waals surface area (Å²) in [5.41, 5.74) is 1.42. The number of nitrogens with zero attached hydrogens (tertiary/aromatic N) is 1. The van der Waals surface area contributed by atoms with Crippen LogP contribution in [0.25, 0.3) is 0 Å². The molecule has 0 amide bonds. The van der Waals surface area contributed by atoms with Gasteiger partial charge in [-0.15, -0.1) is 0 Å². The fourth-order valence-electron chi connectivity index (χ4n) is 11.2. The van der Waals surface area contributed by atoms with Gasteiger partial charge >= 0.3 is 5.97 Å². The van der Waals surface area contributed by atoms with E-state index < -0.39 is 6.10 Å². The van der Waals surface area contributed by atoms with E-state index in [0.717, 1.165) is 37.8 Å². The van der Waals surface area contributed by atoms with Crippen LogP contribution >= 0.6 is 0 Å². The number of benzene rings is 1. The van der Waals surface area contributed by atoms with Crippen LogP contribution in [0.15, 0.2) is 42.5 Å². The topological polar surface area (TPSA) is 70.0 Å². The zero-order valence-electron chi connectivity index (χ0n) is 18.5. The van der Waals surface area contributed by atoms with Crippen LogP contribution in [0.5, 0.6) is 0 Å². The molecular formula is C27H31NO4. The first kappa shape index (κ1) is 18.7. The van der Waals surface area contributed by atoms with Crippen LogP contribution in [-0.4, -0.2) is 58.0 Å². The molecule has 2 N–H and O–H groups in total. The maximum atomic E-state index is 13.2. The Morgan fingerprint density at radius 1 is 1.25 bits per heavy atom. The first-order valence-corrected chi connectivity index (χ1v) is 12.4. The predicted molar refractivity (Wildman–Crippen MR) is 116 cm³/mol. The van der Waals surface area contributed by atoms with E-state index in [1.54, 1.807) is 12.1 Å². The van der Waals surface area contributed by atoms with Gasteiger partial charge < -0.3 is 14.9 Å². The smallest absolute Gasteiger partial charge is 0.338 e. The normalized spacial score (nSPS) is 59.7. The largest absolute Gasteiger partial charge is 0.458 e. The van der Waals surface area contributed by atoms with E-state index in [9.17, 15) is 15.0 Å². The Bertz CT molecular complexity index is 1070. The predicted octanol–water partition coefficient (Wildman–Crippen LogP) is 2.63. The van der Waals surface area contributed by atoms with Crippen LogP contribution in [0.3, 0.4) is 0 Å². The molecule has 0 radical (unpaired) electrons. The lowest BCUT2D eigenvalue weighted by Gasteiger charge is -2.66. The highest BCUT2D eigenvalue weighted by Crippen LogP contribution is 2.87. The Hall–Kier alpha value is -1.69. The summed E-state index contributed by atoms with van der Waals surface area (Å²) in [6.45, 7) is 7.82. The highest BCUT2D eigenvalue weighted by Gasteiger charge is 2.92. The van der Waals surface area contributed by atoms with Gasteiger partial charge in [0, 0.05) is 41.3 Å². The highest BCUT2D eigenvalue weighted by molar-refractivity contribution is 5.89. The van der Waals surface area contributed by atoms with E-state index in [4.69, 9.17) is 4.74 Å². The molecule has 5 heteroatoms. The van der Waals surface area contributed by atoms with Crippen LogP contribution in [0, 0.1) is 39.9 Å². The molecule has 10 rings (SSSR count). The molecule has 6 aliphatic carbocycles. The van der Waals surface area contributed by atoms with Crippen molar-refractivity contribution in [2.45, 2.75) is 63.0 Å². The number of ether oxygens (including phenoxy) is 1. The second kappa shape index (κ2) is 5.34. The van der Waals surface area contributed by atoms with Crippen molar-refractivity contribution in [2.24, 2.45) is 39.9 Å². The van der Waals surface area contributed by atoms with Crippen molar-refractivity contribution in [1.82, 2.24) is 4.90 Å². The van der Waals surface area contributed by atoms with E-state index >= 15 is 0 Å². The first-order chi connectivity index (χ1) is 15.4. The molecule has 2 spiro atoms. The minimum atomic E-state index is -0.433. The fourth-order valence-corrected chi connectivity index (χ4v) is 11.2. The van der Waals surface area contributed by atoms with Crippen LogP contribution in [0.1, 0.15) is 43.0 Å². The monoisotopic (exact) mass is 433 g/mol. The van der Waals surface area contributed by atoms with E-state index in [2.05, 4.69) is 18.4 Å². The number of hydrogen-bond acceptors (Lipinski definition) is 5. The minimum absolute atomic E-state index is 0.0814. The maximum absolute atomic E-state index is 13.2. The lowest BCUT2D eigenvalue weighted by molar-refractivity contribution is -0.227. The first-order valence-electron chi connectivity index (χ1n) is 12.4. The number of fused-ring (bicyclic) bond motifs is 1. The summed E-state index contributed by atoms with van der Waals surface area (Å²) in [7, 11) is 0. The van der Waals surface area contributed by atoms with Gasteiger partial charge in [0.15, 0.2) is 0 Å². The van der Waals surface area contributed by atoms with Gasteiger partial charge in [0.25, 0.3) is 0 Å². The maximum Gasteiger partial charge on any atom is 0.338 e. The molecule has 6 saturated carbocycles. The van der Waals surface area contributed by atoms with Crippen LogP contribution in [0.4, 0.5) is 0 Å². The number of aliphatic hydroxyl groups is 2. The zero-order valence-corrected chi connectivity index (χ0v) is 18.5. The van der Waals surface area contributed by atoms with Crippen molar-refractivity contribution in [3.05, 3.63) is 48.0 Å². The molecule has 3 saturated heterocycles. The molecule has 9 aliphatic rings. The summed E-state index contributed by atoms with van der Waals surface area (Å²) in [5, 5.41) is 23.7. The molecule has 3 heterocycles. The van der Waals surface area contributed by atoms with Crippen LogP contribution < -0.4 is 0 Å². The summed E-state index contributed by atoms with van der Waals surface area (Å²) < 4.78 is 6.34. The zero-order chi connectivity index (χ0) is 21.8. The highest BCUT2D eigenvalue weighted by atomic mass is 16.5. The number of esters is 1. The van der Waals surface area contributed by atoms with Crippen LogP contribution in [0.2, 0.25) is 0 Å². The molecular weight excluding hydrogens is 402 g/mol. The van der Waals surface area contributed by atoms with E-state index in [-0.39, 0.29) is 58.3 Å². The fraction of sp³-hybridized carbons (Fsp3) is 0.667. The molecule has 5 nitrogen and oxygen atoms in total. The summed E-state index contributed by atoms with van der Waals surface area (Å²) >= 11 is 0. The minimum Gasteiger partial charge on any atom is -0.458 e. The third-order valence-corrected chi connectivity index (χ3v) is 11.6. The van der Waals surface area contributed by atoms with Crippen molar-refractivity contribution >= 4 is 5.97 Å². The molecule has 9 bridgehead atoms. The number of rotatable bonds is 2. The van der Waals surface area contributed by atoms with Crippen molar-refractivity contribution in [3.8, 4) is 0 Å². The second-order valence-corrected chi connectivity index (χ2v) is 12.3. The number of hydrogen-bond donors (Lipinski definition) is 2. The van der Waals surface area contributed by atoms with Gasteiger partial charge in [-0.25, -0.2) is 4.79 Å². The summed E-state index contributed by atoms with van der Waals surface area (Å²) in [6, 6.07) is 9.59. The van der Waals surface area contributed by atoms with E-state index in [0.29, 0.717) is 17.4 Å². The summed E-state index contributed by atoms with van der Waals surface area (Å²) in [4.78, 5) is 15.7. The summed E-state index contributed by atoms with van der Waals surface area (Å²) in [5.74, 6) is 0.574. The molecule has 168 valence electrons. The standard InChI is InChI=1S/C27H31NO4/c1-13-11-26-16-10-15(13)20(32-24(31)14-6-4-3-5-7-14)18(26)22-27(16)17(29)8-9-25(2)12-28(22)19(21(25)27)23(26)30/h3-7,15-23,29-30H,1,8-12H2,2H3/t15-,16+,17?,18+,19+,20?,21+,22?,23+,25-,26?,27?/m0/s1. The molecule has 3 aliphatic heterocycles. The van der Waals surface area contributed by atoms with Gasteiger partial charge in [-0.1, -0.05) is 37.3 Å². The van der Waals surface area contributed by atoms with Crippen molar-refractivity contribution < 1.29 is 19.7 Å². The number of carbonyl (C=O) groups is 1. The van der Waals surface area contributed by atoms with Gasteiger partial charge in [-0.05, 0) is 55.1 Å². The molecule has 0 aromatic heterocycles. The van der Waals surface area contributed by atoms with E-state index in [1.165, 1.54) is 0 Å². The Labute approximate surface area is 188 Å². The molecule has 13 atom stereocenters. The molecule has 1 aromatic rings. The number of aliphatic hydroxyl groups excluding tert-OH is 2. The Morgan fingerprint density at radius 3 is 2.81 bits per heavy atom. The Balaban J connectivity index is 1.30. The molecule has 9 fully saturated rings. The number of piperidine rings is 2. The van der Waals surface area contributed by atoms with Gasteiger partial charge in [0.05, 0.1) is 17.8 Å². The van der Waals surface area contributed by atoms with Gasteiger partial charge in [-0.2, -0.15) is 0 Å². The van der Waals surface area contributed by atoms with Gasteiger partial charge in [0.2, 0.25) is 0 Å². The SMILES string of the molecule is C=C1CC23[C@@H]4C(OC(=O)c5ccccc5)[C@H]1C[C@H]2C12C(O)CC[C@@]5(C)CN(C41)[C@@H]([C@H]3O)[C@@H]25. The average Bonchev–Trinajstić information content (AvgIpc) is 3.28. The van der Waals surface area contributed by atoms with Crippen molar-refractivity contribution in [1.29, 1.82) is 0 Å². The second-order valence-electron chi connectivity index (χ2n) is 12.3. The molecule has 6 unspecified atom stereocenters. The molecule has 1 aromatic carbocycles. The Morgan fingerprint density at radius 2 is 2.03 bits per heavy atom. The average molecular weight is 434 g/mol. The van der Waals surface area contributed by atoms with Crippen molar-refractivity contribution in [3.63, 3.8) is 0 Å². The third-order valence-electron chi connectivity index (χ3n) is 11.6.